The van der Waals surface area contributed by atoms with Gasteiger partial charge in [-0.25, -0.2) is 4.98 Å². The zero-order chi connectivity index (χ0) is 14.4. The lowest BCUT2D eigenvalue weighted by molar-refractivity contribution is 0.327. The molecule has 1 fully saturated rings. The number of aromatic hydroxyl groups is 1. The molecule has 2 heterocycles. The van der Waals surface area contributed by atoms with Crippen LogP contribution in [0.3, 0.4) is 0 Å². The van der Waals surface area contributed by atoms with E-state index in [4.69, 9.17) is 4.99 Å². The molecule has 21 heavy (non-hydrogen) atoms. The van der Waals surface area contributed by atoms with Gasteiger partial charge in [0.15, 0.2) is 0 Å². The minimum absolute atomic E-state index is 0.302. The Labute approximate surface area is 132 Å². The molecule has 2 aliphatic rings. The second kappa shape index (κ2) is 4.99. The van der Waals surface area contributed by atoms with E-state index in [9.17, 15) is 5.11 Å². The molecule has 1 aromatic carbocycles. The Balaban J connectivity index is 1.59. The monoisotopic (exact) mass is 318 g/mol. The van der Waals surface area contributed by atoms with Crippen molar-refractivity contribution < 1.29 is 5.11 Å². The predicted octanol–water partition coefficient (Wildman–Crippen LogP) is 4.44. The smallest absolute Gasteiger partial charge is 0.149 e. The number of thioether (sulfide) groups is 1. The third kappa shape index (κ3) is 2.46. The van der Waals surface area contributed by atoms with Crippen molar-refractivity contribution in [2.75, 3.05) is 6.54 Å². The Morgan fingerprint density at radius 1 is 1.29 bits per heavy atom. The van der Waals surface area contributed by atoms with Crippen LogP contribution < -0.4 is 0 Å². The Morgan fingerprint density at radius 3 is 2.90 bits per heavy atom. The summed E-state index contributed by atoms with van der Waals surface area (Å²) in [5.41, 5.74) is 0.953. The SMILES string of the molecule is CC1CCC2(CC1)CN=C(c1nc3ccc(O)cc3s1)S2. The van der Waals surface area contributed by atoms with Crippen LogP contribution in [-0.4, -0.2) is 26.4 Å². The Bertz CT molecular complexity index is 714. The number of hydrogen-bond acceptors (Lipinski definition) is 5. The van der Waals surface area contributed by atoms with Crippen LogP contribution in [0.1, 0.15) is 37.6 Å². The van der Waals surface area contributed by atoms with Gasteiger partial charge in [-0.2, -0.15) is 0 Å². The average molecular weight is 318 g/mol. The number of aliphatic imine (C=N–C) groups is 1. The average Bonchev–Trinajstić information content (AvgIpc) is 3.06. The molecule has 1 saturated carbocycles. The van der Waals surface area contributed by atoms with Crippen molar-refractivity contribution in [3.8, 4) is 5.75 Å². The quantitative estimate of drug-likeness (QED) is 0.845. The number of nitrogens with zero attached hydrogens (tertiary/aromatic N) is 2. The molecule has 2 aromatic rings. The first-order chi connectivity index (χ1) is 10.1. The number of fused-ring (bicyclic) bond motifs is 1. The van der Waals surface area contributed by atoms with Crippen molar-refractivity contribution >= 4 is 38.4 Å². The summed E-state index contributed by atoms with van der Waals surface area (Å²) in [7, 11) is 0. The molecule has 0 bridgehead atoms. The van der Waals surface area contributed by atoms with Gasteiger partial charge >= 0.3 is 0 Å². The number of aromatic nitrogens is 1. The van der Waals surface area contributed by atoms with Gasteiger partial charge in [0, 0.05) is 4.75 Å². The zero-order valence-corrected chi connectivity index (χ0v) is 13.6. The van der Waals surface area contributed by atoms with E-state index in [0.29, 0.717) is 10.5 Å². The van der Waals surface area contributed by atoms with Gasteiger partial charge in [0.1, 0.15) is 15.8 Å². The molecule has 3 nitrogen and oxygen atoms in total. The molecule has 0 amide bonds. The number of benzene rings is 1. The summed E-state index contributed by atoms with van der Waals surface area (Å²) in [5, 5.41) is 11.7. The molecule has 0 radical (unpaired) electrons. The van der Waals surface area contributed by atoms with Crippen LogP contribution in [0.15, 0.2) is 23.2 Å². The van der Waals surface area contributed by atoms with Crippen LogP contribution in [0.25, 0.3) is 10.2 Å². The molecule has 0 saturated heterocycles. The van der Waals surface area contributed by atoms with Crippen molar-refractivity contribution in [2.45, 2.75) is 37.4 Å². The summed E-state index contributed by atoms with van der Waals surface area (Å²) in [5.74, 6) is 1.17. The first-order valence-electron chi connectivity index (χ1n) is 7.47. The lowest BCUT2D eigenvalue weighted by Gasteiger charge is -2.34. The Hall–Kier alpha value is -1.07. The van der Waals surface area contributed by atoms with Gasteiger partial charge in [-0.1, -0.05) is 18.7 Å². The van der Waals surface area contributed by atoms with Gasteiger partial charge in [-0.3, -0.25) is 4.99 Å². The molecule has 110 valence electrons. The van der Waals surface area contributed by atoms with E-state index in [2.05, 4.69) is 11.9 Å². The number of phenols is 1. The predicted molar refractivity (Wildman–Crippen MR) is 90.6 cm³/mol. The molecule has 4 rings (SSSR count). The highest BCUT2D eigenvalue weighted by atomic mass is 32.2. The van der Waals surface area contributed by atoms with Gasteiger partial charge < -0.3 is 5.11 Å². The van der Waals surface area contributed by atoms with Crippen molar-refractivity contribution in [2.24, 2.45) is 10.9 Å². The van der Waals surface area contributed by atoms with Crippen LogP contribution in [0.2, 0.25) is 0 Å². The standard InChI is InChI=1S/C16H18N2OS2/c1-10-4-6-16(7-5-10)9-17-14(21-16)15-18-12-3-2-11(19)8-13(12)20-15/h2-3,8,10,19H,4-7,9H2,1H3. The third-order valence-electron chi connectivity index (χ3n) is 4.56. The molecule has 5 heteroatoms. The normalized spacial score (nSPS) is 29.2. The number of phenolic OH excluding ortho intramolecular Hbond substituents is 1. The van der Waals surface area contributed by atoms with E-state index in [1.807, 2.05) is 17.8 Å². The highest BCUT2D eigenvalue weighted by Gasteiger charge is 2.40. The lowest BCUT2D eigenvalue weighted by atomic mass is 9.82. The number of rotatable bonds is 1. The molecule has 1 aromatic heterocycles. The first kappa shape index (κ1) is 13.6. The summed E-state index contributed by atoms with van der Waals surface area (Å²) in [6.07, 6.45) is 5.20. The van der Waals surface area contributed by atoms with Gasteiger partial charge in [0.25, 0.3) is 0 Å². The van der Waals surface area contributed by atoms with Crippen LogP contribution in [-0.2, 0) is 0 Å². The summed E-state index contributed by atoms with van der Waals surface area (Å²) in [6.45, 7) is 3.30. The zero-order valence-electron chi connectivity index (χ0n) is 12.0. The van der Waals surface area contributed by atoms with Crippen molar-refractivity contribution in [1.29, 1.82) is 0 Å². The maximum atomic E-state index is 9.57. The van der Waals surface area contributed by atoms with Crippen molar-refractivity contribution in [3.05, 3.63) is 23.2 Å². The second-order valence-electron chi connectivity index (χ2n) is 6.26. The maximum Gasteiger partial charge on any atom is 0.149 e. The van der Waals surface area contributed by atoms with E-state index in [1.54, 1.807) is 23.5 Å². The van der Waals surface area contributed by atoms with E-state index < -0.39 is 0 Å². The Kier molecular flexibility index (Phi) is 3.23. The summed E-state index contributed by atoms with van der Waals surface area (Å²) < 4.78 is 1.37. The lowest BCUT2D eigenvalue weighted by Crippen LogP contribution is -2.31. The molecule has 0 unspecified atom stereocenters. The first-order valence-corrected chi connectivity index (χ1v) is 9.10. The van der Waals surface area contributed by atoms with Crippen LogP contribution in [0.5, 0.6) is 5.75 Å². The fourth-order valence-electron chi connectivity index (χ4n) is 3.15. The van der Waals surface area contributed by atoms with Crippen molar-refractivity contribution in [1.82, 2.24) is 4.98 Å². The number of hydrogen-bond donors (Lipinski definition) is 1. The van der Waals surface area contributed by atoms with E-state index in [-0.39, 0.29) is 0 Å². The van der Waals surface area contributed by atoms with Crippen LogP contribution in [0, 0.1) is 5.92 Å². The molecule has 1 aliphatic carbocycles. The van der Waals surface area contributed by atoms with Crippen LogP contribution in [0.4, 0.5) is 0 Å². The second-order valence-corrected chi connectivity index (χ2v) is 8.75. The fraction of sp³-hybridized carbons (Fsp3) is 0.500. The summed E-state index contributed by atoms with van der Waals surface area (Å²) in [6, 6.07) is 5.36. The molecular weight excluding hydrogens is 300 g/mol. The summed E-state index contributed by atoms with van der Waals surface area (Å²) >= 11 is 3.58. The fourth-order valence-corrected chi connectivity index (χ4v) is 5.54. The molecule has 1 N–H and O–H groups in total. The molecule has 1 aliphatic heterocycles. The van der Waals surface area contributed by atoms with E-state index in [1.165, 1.54) is 25.7 Å². The van der Waals surface area contributed by atoms with Gasteiger partial charge in [0.05, 0.1) is 16.8 Å². The molecule has 0 atom stereocenters. The Morgan fingerprint density at radius 2 is 2.10 bits per heavy atom. The van der Waals surface area contributed by atoms with Gasteiger partial charge in [-0.15, -0.1) is 11.3 Å². The highest BCUT2D eigenvalue weighted by Crippen LogP contribution is 2.47. The third-order valence-corrected chi connectivity index (χ3v) is 7.20. The molecular formula is C16H18N2OS2. The maximum absolute atomic E-state index is 9.57. The summed E-state index contributed by atoms with van der Waals surface area (Å²) in [4.78, 5) is 9.48. The topological polar surface area (TPSA) is 45.5 Å². The van der Waals surface area contributed by atoms with Crippen LogP contribution >= 0.6 is 23.1 Å². The van der Waals surface area contributed by atoms with Gasteiger partial charge in [0.2, 0.25) is 0 Å². The molecule has 1 spiro atoms. The van der Waals surface area contributed by atoms with E-state index >= 15 is 0 Å². The minimum Gasteiger partial charge on any atom is -0.508 e. The minimum atomic E-state index is 0.302. The number of thiazole rings is 1. The van der Waals surface area contributed by atoms with E-state index in [0.717, 1.165) is 32.7 Å². The van der Waals surface area contributed by atoms with Gasteiger partial charge in [-0.05, 0) is 49.8 Å². The highest BCUT2D eigenvalue weighted by molar-refractivity contribution is 8.16. The largest absolute Gasteiger partial charge is 0.508 e. The van der Waals surface area contributed by atoms with Crippen molar-refractivity contribution in [3.63, 3.8) is 0 Å².